The van der Waals surface area contributed by atoms with Gasteiger partial charge in [0.2, 0.25) is 10.0 Å². The lowest BCUT2D eigenvalue weighted by molar-refractivity contribution is 0.0596. The number of carbonyl (C=O) groups excluding carboxylic acids is 1. The van der Waals surface area contributed by atoms with Crippen molar-refractivity contribution in [2.24, 2.45) is 5.92 Å². The van der Waals surface area contributed by atoms with Crippen molar-refractivity contribution in [3.8, 4) is 0 Å². The van der Waals surface area contributed by atoms with Gasteiger partial charge in [-0.25, -0.2) is 13.2 Å². The number of carbonyl (C=O) groups is 1. The molecule has 0 spiro atoms. The Morgan fingerprint density at radius 2 is 2.05 bits per heavy atom. The minimum absolute atomic E-state index is 0.00301. The van der Waals surface area contributed by atoms with E-state index < -0.39 is 16.0 Å². The number of esters is 1. The van der Waals surface area contributed by atoms with Crippen molar-refractivity contribution in [2.45, 2.75) is 30.7 Å². The molecule has 1 fully saturated rings. The molecule has 1 saturated carbocycles. The van der Waals surface area contributed by atoms with E-state index in [1.807, 2.05) is 6.92 Å². The Morgan fingerprint density at radius 3 is 2.57 bits per heavy atom. The monoisotopic (exact) mass is 331 g/mol. The number of benzene rings is 1. The van der Waals surface area contributed by atoms with E-state index in [9.17, 15) is 13.2 Å². The summed E-state index contributed by atoms with van der Waals surface area (Å²) in [6.07, 6.45) is 2.06. The molecule has 1 unspecified atom stereocenters. The molecule has 0 bridgehead atoms. The molecule has 0 aromatic heterocycles. The van der Waals surface area contributed by atoms with Gasteiger partial charge in [-0.05, 0) is 43.9 Å². The van der Waals surface area contributed by atoms with Crippen LogP contribution in [0.25, 0.3) is 0 Å². The lowest BCUT2D eigenvalue weighted by Crippen LogP contribution is -2.37. The molecule has 0 heterocycles. The zero-order valence-electron chi connectivity index (χ0n) is 12.2. The quantitative estimate of drug-likeness (QED) is 0.778. The summed E-state index contributed by atoms with van der Waals surface area (Å²) in [7, 11) is -1.06. The Balaban J connectivity index is 2.47. The fourth-order valence-corrected chi connectivity index (χ4v) is 4.10. The number of rotatable bonds is 5. The number of sulfonamides is 1. The Kier molecular flexibility index (Phi) is 4.60. The summed E-state index contributed by atoms with van der Waals surface area (Å²) in [6, 6.07) is 4.02. The maximum absolute atomic E-state index is 12.8. The molecule has 0 saturated heterocycles. The van der Waals surface area contributed by atoms with Crippen LogP contribution in [-0.2, 0) is 14.8 Å². The predicted molar refractivity (Wildman–Crippen MR) is 79.9 cm³/mol. The van der Waals surface area contributed by atoms with Crippen LogP contribution in [-0.4, -0.2) is 38.9 Å². The van der Waals surface area contributed by atoms with Crippen molar-refractivity contribution in [1.82, 2.24) is 4.31 Å². The molecule has 7 heteroatoms. The minimum atomic E-state index is -3.80. The van der Waals surface area contributed by atoms with Gasteiger partial charge in [0, 0.05) is 18.1 Å². The van der Waals surface area contributed by atoms with E-state index >= 15 is 0 Å². The third kappa shape index (κ3) is 3.22. The Labute approximate surface area is 129 Å². The number of methoxy groups -OCH3 is 1. The highest BCUT2D eigenvalue weighted by atomic mass is 35.5. The molecular weight excluding hydrogens is 314 g/mol. The maximum Gasteiger partial charge on any atom is 0.339 e. The lowest BCUT2D eigenvalue weighted by atomic mass is 10.2. The summed E-state index contributed by atoms with van der Waals surface area (Å²) in [5.74, 6) is -0.316. The Bertz CT molecular complexity index is 655. The topological polar surface area (TPSA) is 63.7 Å². The van der Waals surface area contributed by atoms with Gasteiger partial charge in [0.25, 0.3) is 0 Å². The molecule has 21 heavy (non-hydrogen) atoms. The van der Waals surface area contributed by atoms with E-state index in [-0.39, 0.29) is 21.5 Å². The molecule has 2 rings (SSSR count). The zero-order chi connectivity index (χ0) is 15.8. The molecule has 1 aromatic carbocycles. The molecule has 5 nitrogen and oxygen atoms in total. The summed E-state index contributed by atoms with van der Waals surface area (Å²) in [4.78, 5) is 11.7. The summed E-state index contributed by atoms with van der Waals surface area (Å²) < 4.78 is 31.5. The number of ether oxygens (including phenoxy) is 1. The van der Waals surface area contributed by atoms with Crippen molar-refractivity contribution in [3.05, 3.63) is 28.8 Å². The van der Waals surface area contributed by atoms with Gasteiger partial charge in [-0.15, -0.1) is 0 Å². The third-order valence-corrected chi connectivity index (χ3v) is 6.10. The number of halogens is 1. The molecule has 1 aliphatic carbocycles. The standard InChI is InChI=1S/C14H18ClNO4S/c1-9(10-4-5-10)16(2)21(18,19)13-8-11(15)6-7-12(13)14(17)20-3/h6-10H,4-5H2,1-3H3. The Hall–Kier alpha value is -1.11. The minimum Gasteiger partial charge on any atom is -0.465 e. The van der Waals surface area contributed by atoms with Crippen molar-refractivity contribution < 1.29 is 17.9 Å². The molecule has 0 aliphatic heterocycles. The van der Waals surface area contributed by atoms with Gasteiger partial charge in [-0.1, -0.05) is 11.6 Å². The first kappa shape index (κ1) is 16.3. The highest BCUT2D eigenvalue weighted by molar-refractivity contribution is 7.89. The van der Waals surface area contributed by atoms with Crippen LogP contribution >= 0.6 is 11.6 Å². The fraction of sp³-hybridized carbons (Fsp3) is 0.500. The van der Waals surface area contributed by atoms with Crippen LogP contribution in [0, 0.1) is 5.92 Å². The van der Waals surface area contributed by atoms with E-state index in [4.69, 9.17) is 11.6 Å². The molecule has 1 atom stereocenters. The summed E-state index contributed by atoms with van der Waals surface area (Å²) in [5.41, 5.74) is -0.00301. The number of hydrogen-bond donors (Lipinski definition) is 0. The predicted octanol–water partition coefficient (Wildman–Crippen LogP) is 2.55. The van der Waals surface area contributed by atoms with Crippen LogP contribution in [0.5, 0.6) is 0 Å². The van der Waals surface area contributed by atoms with Crippen LogP contribution in [0.3, 0.4) is 0 Å². The van der Waals surface area contributed by atoms with Crippen LogP contribution in [0.15, 0.2) is 23.1 Å². The van der Waals surface area contributed by atoms with Gasteiger partial charge >= 0.3 is 5.97 Å². The molecule has 1 aliphatic rings. The number of hydrogen-bond acceptors (Lipinski definition) is 4. The summed E-state index contributed by atoms with van der Waals surface area (Å²) in [6.45, 7) is 1.87. The van der Waals surface area contributed by atoms with Gasteiger partial charge in [-0.3, -0.25) is 0 Å². The third-order valence-electron chi connectivity index (χ3n) is 3.88. The van der Waals surface area contributed by atoms with Crippen LogP contribution in [0.1, 0.15) is 30.1 Å². The first-order valence-corrected chi connectivity index (χ1v) is 8.46. The van der Waals surface area contributed by atoms with Gasteiger partial charge in [0.05, 0.1) is 17.6 Å². The zero-order valence-corrected chi connectivity index (χ0v) is 13.7. The van der Waals surface area contributed by atoms with Crippen LogP contribution in [0.4, 0.5) is 0 Å². The summed E-state index contributed by atoms with van der Waals surface area (Å²) >= 11 is 5.89. The largest absolute Gasteiger partial charge is 0.465 e. The summed E-state index contributed by atoms with van der Waals surface area (Å²) in [5, 5.41) is 0.258. The normalized spacial score (nSPS) is 16.8. The first-order valence-electron chi connectivity index (χ1n) is 6.65. The van der Waals surface area contributed by atoms with Gasteiger partial charge in [0.15, 0.2) is 0 Å². The van der Waals surface area contributed by atoms with E-state index in [0.29, 0.717) is 5.92 Å². The van der Waals surface area contributed by atoms with Crippen molar-refractivity contribution in [3.63, 3.8) is 0 Å². The van der Waals surface area contributed by atoms with Gasteiger partial charge in [0.1, 0.15) is 0 Å². The van der Waals surface area contributed by atoms with Gasteiger partial charge < -0.3 is 4.74 Å². The van der Waals surface area contributed by atoms with Crippen molar-refractivity contribution in [2.75, 3.05) is 14.2 Å². The van der Waals surface area contributed by atoms with E-state index in [2.05, 4.69) is 4.74 Å². The average Bonchev–Trinajstić information content (AvgIpc) is 3.29. The van der Waals surface area contributed by atoms with Crippen LogP contribution in [0.2, 0.25) is 5.02 Å². The highest BCUT2D eigenvalue weighted by Crippen LogP contribution is 2.37. The SMILES string of the molecule is COC(=O)c1ccc(Cl)cc1S(=O)(=O)N(C)C(C)C1CC1. The van der Waals surface area contributed by atoms with Crippen LogP contribution < -0.4 is 0 Å². The second kappa shape index (κ2) is 5.94. The molecule has 0 N–H and O–H groups in total. The molecule has 1 aromatic rings. The van der Waals surface area contributed by atoms with E-state index in [1.165, 1.54) is 36.7 Å². The van der Waals surface area contributed by atoms with Crippen molar-refractivity contribution in [1.29, 1.82) is 0 Å². The Morgan fingerprint density at radius 1 is 1.43 bits per heavy atom. The van der Waals surface area contributed by atoms with E-state index in [1.54, 1.807) is 0 Å². The lowest BCUT2D eigenvalue weighted by Gasteiger charge is -2.25. The second-order valence-electron chi connectivity index (χ2n) is 5.23. The molecule has 0 radical (unpaired) electrons. The molecular formula is C14H18ClNO4S. The highest BCUT2D eigenvalue weighted by Gasteiger charge is 2.37. The molecule has 116 valence electrons. The smallest absolute Gasteiger partial charge is 0.339 e. The van der Waals surface area contributed by atoms with Crippen molar-refractivity contribution >= 4 is 27.6 Å². The first-order chi connectivity index (χ1) is 9.78. The number of nitrogens with zero attached hydrogens (tertiary/aromatic N) is 1. The second-order valence-corrected chi connectivity index (χ2v) is 7.63. The van der Waals surface area contributed by atoms with Gasteiger partial charge in [-0.2, -0.15) is 4.31 Å². The maximum atomic E-state index is 12.8. The fourth-order valence-electron chi connectivity index (χ4n) is 2.24. The van der Waals surface area contributed by atoms with E-state index in [0.717, 1.165) is 12.8 Å². The average molecular weight is 332 g/mol. The molecule has 0 amide bonds.